The van der Waals surface area contributed by atoms with Gasteiger partial charge in [0.05, 0.1) is 13.2 Å². The number of fused-ring (bicyclic) bond motifs is 3. The first-order valence-electron chi connectivity index (χ1n) is 11.6. The van der Waals surface area contributed by atoms with Gasteiger partial charge in [-0.25, -0.2) is 0 Å². The van der Waals surface area contributed by atoms with Gasteiger partial charge in [-0.05, 0) is 83.0 Å². The fourth-order valence-corrected chi connectivity index (χ4v) is 7.00. The summed E-state index contributed by atoms with van der Waals surface area (Å²) in [6.45, 7) is 11.0. The van der Waals surface area contributed by atoms with E-state index in [1.54, 1.807) is 54.3 Å². The van der Waals surface area contributed by atoms with E-state index in [9.17, 15) is 0 Å². The average molecular weight is 397 g/mol. The van der Waals surface area contributed by atoms with Gasteiger partial charge in [0.1, 0.15) is 0 Å². The van der Waals surface area contributed by atoms with Crippen LogP contribution in [0.15, 0.2) is 0 Å². The standard InChI is InChI=1S/C26H36OS/c1-5-9-17-19-13-21-22(26(12-8-4)28-25(21)11-7-3)14-20(19)18(10-6-2)24-16-27-15-23(17)24/h5-16H2,1-4H3. The van der Waals surface area contributed by atoms with E-state index in [-0.39, 0.29) is 0 Å². The maximum atomic E-state index is 5.99. The van der Waals surface area contributed by atoms with Gasteiger partial charge in [0.2, 0.25) is 0 Å². The van der Waals surface area contributed by atoms with Gasteiger partial charge in [-0.1, -0.05) is 53.4 Å². The van der Waals surface area contributed by atoms with Gasteiger partial charge in [0.25, 0.3) is 0 Å². The van der Waals surface area contributed by atoms with E-state index in [0.29, 0.717) is 0 Å². The van der Waals surface area contributed by atoms with Crippen LogP contribution in [0.2, 0.25) is 0 Å². The molecule has 0 radical (unpaired) electrons. The lowest BCUT2D eigenvalue weighted by atomic mass is 9.76. The summed E-state index contributed by atoms with van der Waals surface area (Å²) in [6, 6.07) is 0. The van der Waals surface area contributed by atoms with Crippen LogP contribution in [-0.4, -0.2) is 0 Å². The molecule has 4 rings (SSSR count). The molecule has 0 fully saturated rings. The maximum Gasteiger partial charge on any atom is 0.0727 e. The topological polar surface area (TPSA) is 9.23 Å². The van der Waals surface area contributed by atoms with Crippen molar-refractivity contribution in [1.29, 1.82) is 0 Å². The van der Waals surface area contributed by atoms with Crippen LogP contribution >= 0.6 is 11.3 Å². The Balaban J connectivity index is 1.89. The van der Waals surface area contributed by atoms with E-state index >= 15 is 0 Å². The first-order chi connectivity index (χ1) is 13.7. The fourth-order valence-electron chi connectivity index (χ4n) is 5.46. The Kier molecular flexibility index (Phi) is 6.27. The van der Waals surface area contributed by atoms with Crippen LogP contribution in [0.4, 0.5) is 0 Å². The van der Waals surface area contributed by atoms with Crippen molar-refractivity contribution in [3.63, 3.8) is 0 Å². The number of benzene rings is 1. The van der Waals surface area contributed by atoms with Gasteiger partial charge >= 0.3 is 0 Å². The number of thiophene rings is 1. The van der Waals surface area contributed by atoms with E-state index in [4.69, 9.17) is 4.74 Å². The lowest BCUT2D eigenvalue weighted by molar-refractivity contribution is 0.134. The van der Waals surface area contributed by atoms with Gasteiger partial charge in [-0.15, -0.1) is 11.3 Å². The second-order valence-electron chi connectivity index (χ2n) is 8.62. The molecule has 152 valence electrons. The number of rotatable bonds is 8. The highest BCUT2D eigenvalue weighted by Crippen LogP contribution is 2.44. The third-order valence-corrected chi connectivity index (χ3v) is 8.02. The zero-order valence-electron chi connectivity index (χ0n) is 18.3. The van der Waals surface area contributed by atoms with Crippen LogP contribution in [0.5, 0.6) is 0 Å². The van der Waals surface area contributed by atoms with Crippen LogP contribution < -0.4 is 0 Å². The van der Waals surface area contributed by atoms with Crippen LogP contribution in [0, 0.1) is 0 Å². The molecule has 0 amide bonds. The van der Waals surface area contributed by atoms with Gasteiger partial charge in [-0.3, -0.25) is 0 Å². The minimum atomic E-state index is 0.841. The van der Waals surface area contributed by atoms with Gasteiger partial charge in [0.15, 0.2) is 0 Å². The lowest BCUT2D eigenvalue weighted by Crippen LogP contribution is -2.17. The predicted molar refractivity (Wildman–Crippen MR) is 121 cm³/mol. The minimum Gasteiger partial charge on any atom is -0.372 e. The molecule has 1 aromatic carbocycles. The zero-order chi connectivity index (χ0) is 19.7. The second kappa shape index (κ2) is 8.71. The molecule has 2 heterocycles. The maximum absolute atomic E-state index is 5.99. The molecule has 0 spiro atoms. The third-order valence-electron chi connectivity index (χ3n) is 6.62. The summed E-state index contributed by atoms with van der Waals surface area (Å²) in [5, 5.41) is 0. The smallest absolute Gasteiger partial charge is 0.0727 e. The van der Waals surface area contributed by atoms with E-state index < -0.39 is 0 Å². The van der Waals surface area contributed by atoms with Crippen LogP contribution in [0.25, 0.3) is 0 Å². The number of hydrogen-bond acceptors (Lipinski definition) is 2. The molecule has 1 aliphatic heterocycles. The SMILES string of the molecule is CCCc1sc(CCC)c2c1Cc1c(CCC)c3c(c(CCC)c1C2)COC3. The summed E-state index contributed by atoms with van der Waals surface area (Å²) in [7, 11) is 0. The third kappa shape index (κ3) is 3.37. The number of aryl methyl sites for hydroxylation is 2. The summed E-state index contributed by atoms with van der Waals surface area (Å²) < 4.78 is 5.99. The van der Waals surface area contributed by atoms with Gasteiger partial charge < -0.3 is 4.74 Å². The van der Waals surface area contributed by atoms with E-state index in [0.717, 1.165) is 13.2 Å². The van der Waals surface area contributed by atoms with Crippen LogP contribution in [-0.2, 0) is 56.5 Å². The molecule has 0 unspecified atom stereocenters. The van der Waals surface area contributed by atoms with Crippen molar-refractivity contribution in [2.45, 2.75) is 105 Å². The first-order valence-corrected chi connectivity index (χ1v) is 12.4. The lowest BCUT2D eigenvalue weighted by Gasteiger charge is -2.28. The molecule has 0 saturated carbocycles. The molecule has 1 nitrogen and oxygen atoms in total. The Labute approximate surface area is 175 Å². The molecule has 2 heteroatoms. The molecule has 0 N–H and O–H groups in total. The molecule has 0 saturated heterocycles. The Bertz CT molecular complexity index is 791. The van der Waals surface area contributed by atoms with Crippen LogP contribution in [0.3, 0.4) is 0 Å². The molecule has 2 aliphatic rings. The predicted octanol–water partition coefficient (Wildman–Crippen LogP) is 7.08. The van der Waals surface area contributed by atoms with Crippen molar-refractivity contribution in [1.82, 2.24) is 0 Å². The molecular weight excluding hydrogens is 360 g/mol. The second-order valence-corrected chi connectivity index (χ2v) is 9.81. The molecule has 1 aliphatic carbocycles. The summed E-state index contributed by atoms with van der Waals surface area (Å²) >= 11 is 2.14. The van der Waals surface area contributed by atoms with E-state index in [1.165, 1.54) is 64.2 Å². The highest BCUT2D eigenvalue weighted by molar-refractivity contribution is 7.12. The van der Waals surface area contributed by atoms with Gasteiger partial charge in [-0.2, -0.15) is 0 Å². The minimum absolute atomic E-state index is 0.841. The van der Waals surface area contributed by atoms with Crippen molar-refractivity contribution in [2.75, 3.05) is 0 Å². The van der Waals surface area contributed by atoms with Crippen molar-refractivity contribution < 1.29 is 4.74 Å². The molecule has 1 aromatic heterocycles. The fraction of sp³-hybridized carbons (Fsp3) is 0.615. The van der Waals surface area contributed by atoms with Crippen LogP contribution in [0.1, 0.15) is 108 Å². The molecule has 0 atom stereocenters. The highest BCUT2D eigenvalue weighted by atomic mass is 32.1. The average Bonchev–Trinajstić information content (AvgIpc) is 3.30. The molecule has 0 bridgehead atoms. The summed E-state index contributed by atoms with van der Waals surface area (Å²) in [5.41, 5.74) is 13.2. The molecule has 28 heavy (non-hydrogen) atoms. The number of ether oxygens (including phenoxy) is 1. The quantitative estimate of drug-likeness (QED) is 0.395. The Morgan fingerprint density at radius 1 is 0.571 bits per heavy atom. The summed E-state index contributed by atoms with van der Waals surface area (Å²) in [6.07, 6.45) is 12.3. The monoisotopic (exact) mass is 396 g/mol. The zero-order valence-corrected chi connectivity index (χ0v) is 19.1. The van der Waals surface area contributed by atoms with Gasteiger partial charge in [0, 0.05) is 9.75 Å². The van der Waals surface area contributed by atoms with E-state index in [2.05, 4.69) is 39.0 Å². The van der Waals surface area contributed by atoms with E-state index in [1.807, 2.05) is 0 Å². The molecular formula is C26H36OS. The van der Waals surface area contributed by atoms with Crippen molar-refractivity contribution in [3.05, 3.63) is 54.3 Å². The van der Waals surface area contributed by atoms with Crippen molar-refractivity contribution >= 4 is 11.3 Å². The Morgan fingerprint density at radius 2 is 1.00 bits per heavy atom. The Hall–Kier alpha value is -1.12. The molecule has 2 aromatic rings. The first kappa shape index (κ1) is 20.2. The van der Waals surface area contributed by atoms with Crippen molar-refractivity contribution in [3.8, 4) is 0 Å². The number of hydrogen-bond donors (Lipinski definition) is 0. The normalized spacial score (nSPS) is 14.9. The Morgan fingerprint density at radius 3 is 1.39 bits per heavy atom. The van der Waals surface area contributed by atoms with Crippen molar-refractivity contribution in [2.24, 2.45) is 0 Å². The largest absolute Gasteiger partial charge is 0.372 e. The highest BCUT2D eigenvalue weighted by Gasteiger charge is 2.31. The summed E-state index contributed by atoms with van der Waals surface area (Å²) in [4.78, 5) is 3.37. The summed E-state index contributed by atoms with van der Waals surface area (Å²) in [5.74, 6) is 0.